The topological polar surface area (TPSA) is 128 Å². The Morgan fingerprint density at radius 2 is 1.63 bits per heavy atom. The van der Waals surface area contributed by atoms with Gasteiger partial charge in [-0.2, -0.15) is 0 Å². The molecule has 0 heterocycles. The summed E-state index contributed by atoms with van der Waals surface area (Å²) in [4.78, 5) is 25.6. The summed E-state index contributed by atoms with van der Waals surface area (Å²) in [6.07, 6.45) is 0.862. The molecule has 0 spiro atoms. The molecule has 6 N–H and O–H groups in total. The Kier molecular flexibility index (Phi) is 7.98. The molecule has 3 unspecified atom stereocenters. The molecule has 0 aliphatic heterocycles. The lowest BCUT2D eigenvalue weighted by molar-refractivity contribution is -0.132. The molecular formula is C23H30N4O3. The molecule has 0 radical (unpaired) electrons. The molecule has 7 heteroatoms. The van der Waals surface area contributed by atoms with Gasteiger partial charge in [-0.3, -0.25) is 15.0 Å². The molecule has 2 aromatic rings. The van der Waals surface area contributed by atoms with Crippen LogP contribution >= 0.6 is 0 Å². The Labute approximate surface area is 177 Å². The average molecular weight is 411 g/mol. The van der Waals surface area contributed by atoms with Crippen LogP contribution < -0.4 is 16.4 Å². The normalized spacial score (nSPS) is 13.7. The highest BCUT2D eigenvalue weighted by molar-refractivity contribution is 5.95. The Bertz CT molecular complexity index is 878. The van der Waals surface area contributed by atoms with E-state index in [1.54, 1.807) is 36.4 Å². The van der Waals surface area contributed by atoms with Crippen molar-refractivity contribution in [3.05, 3.63) is 65.2 Å². The Morgan fingerprint density at radius 3 is 2.17 bits per heavy atom. The first-order chi connectivity index (χ1) is 14.2. The number of phenolic OH excluding ortho intramolecular Hbond substituents is 1. The molecule has 0 saturated heterocycles. The maximum Gasteiger partial charge on any atom is 0.247 e. The van der Waals surface area contributed by atoms with Gasteiger partial charge in [-0.1, -0.05) is 63.6 Å². The average Bonchev–Trinajstić information content (AvgIpc) is 2.75. The summed E-state index contributed by atoms with van der Waals surface area (Å²) in [5, 5.41) is 22.7. The number of hydrogen-bond acceptors (Lipinski definition) is 4. The van der Waals surface area contributed by atoms with Crippen molar-refractivity contribution in [2.24, 2.45) is 17.6 Å². The van der Waals surface area contributed by atoms with Crippen molar-refractivity contribution in [1.82, 2.24) is 10.6 Å². The van der Waals surface area contributed by atoms with E-state index < -0.39 is 6.04 Å². The number of benzene rings is 2. The highest BCUT2D eigenvalue weighted by Crippen LogP contribution is 2.20. The van der Waals surface area contributed by atoms with Crippen LogP contribution in [0.5, 0.6) is 5.75 Å². The molecule has 0 aromatic heterocycles. The molecule has 0 fully saturated rings. The second kappa shape index (κ2) is 10.4. The first-order valence-corrected chi connectivity index (χ1v) is 10.0. The fourth-order valence-corrected chi connectivity index (χ4v) is 2.95. The van der Waals surface area contributed by atoms with Crippen molar-refractivity contribution in [2.45, 2.75) is 39.8 Å². The van der Waals surface area contributed by atoms with Crippen molar-refractivity contribution in [2.75, 3.05) is 0 Å². The number of carbonyl (C=O) groups excluding carboxylic acids is 2. The highest BCUT2D eigenvalue weighted by atomic mass is 16.3. The van der Waals surface area contributed by atoms with Crippen LogP contribution in [0.2, 0.25) is 0 Å². The van der Waals surface area contributed by atoms with Gasteiger partial charge in [0.05, 0.1) is 0 Å². The van der Waals surface area contributed by atoms with E-state index in [-0.39, 0.29) is 41.8 Å². The van der Waals surface area contributed by atoms with Crippen molar-refractivity contribution in [1.29, 1.82) is 5.41 Å². The lowest BCUT2D eigenvalue weighted by atomic mass is 9.92. The van der Waals surface area contributed by atoms with Crippen LogP contribution in [-0.4, -0.2) is 22.8 Å². The number of aromatic hydroxyl groups is 1. The van der Waals surface area contributed by atoms with Crippen molar-refractivity contribution in [3.63, 3.8) is 0 Å². The van der Waals surface area contributed by atoms with E-state index in [0.717, 1.165) is 12.0 Å². The number of phenols is 1. The Hall–Kier alpha value is -3.35. The van der Waals surface area contributed by atoms with Crippen LogP contribution in [0.4, 0.5) is 0 Å². The third-order valence-corrected chi connectivity index (χ3v) is 5.42. The van der Waals surface area contributed by atoms with Gasteiger partial charge in [0.15, 0.2) is 0 Å². The highest BCUT2D eigenvalue weighted by Gasteiger charge is 2.27. The monoisotopic (exact) mass is 410 g/mol. The zero-order chi connectivity index (χ0) is 22.3. The van der Waals surface area contributed by atoms with Gasteiger partial charge in [-0.05, 0) is 29.2 Å². The first kappa shape index (κ1) is 22.9. The van der Waals surface area contributed by atoms with Crippen LogP contribution in [-0.2, 0) is 16.1 Å². The van der Waals surface area contributed by atoms with Crippen LogP contribution in [0.15, 0.2) is 48.5 Å². The maximum absolute atomic E-state index is 12.9. The van der Waals surface area contributed by atoms with E-state index in [2.05, 4.69) is 10.6 Å². The number of amidine groups is 1. The molecule has 2 aromatic carbocycles. The molecule has 0 aliphatic carbocycles. The lowest BCUT2D eigenvalue weighted by Gasteiger charge is -2.23. The molecule has 30 heavy (non-hydrogen) atoms. The molecule has 0 saturated carbocycles. The summed E-state index contributed by atoms with van der Waals surface area (Å²) in [5.74, 6) is -0.516. The minimum atomic E-state index is -0.874. The fourth-order valence-electron chi connectivity index (χ4n) is 2.95. The van der Waals surface area contributed by atoms with E-state index in [1.165, 1.54) is 12.1 Å². The number of carbonyl (C=O) groups is 2. The lowest BCUT2D eigenvalue weighted by Crippen LogP contribution is -2.43. The standard InChI is InChI=1S/C23H30N4O3/c1-4-14(2)15(3)22(29)27-20(17-9-11-19(28)12-10-17)23(30)26-13-16-5-7-18(8-6-16)21(24)25/h5-12,14-15,20,28H,4,13H2,1-3H3,(H3,24,25)(H,26,30)(H,27,29). The molecule has 3 atom stereocenters. The second-order valence-electron chi connectivity index (χ2n) is 7.54. The predicted octanol–water partition coefficient (Wildman–Crippen LogP) is 2.83. The van der Waals surface area contributed by atoms with Crippen molar-refractivity contribution in [3.8, 4) is 5.75 Å². The number of amides is 2. The van der Waals surface area contributed by atoms with Crippen LogP contribution in [0.25, 0.3) is 0 Å². The van der Waals surface area contributed by atoms with E-state index >= 15 is 0 Å². The van der Waals surface area contributed by atoms with Gasteiger partial charge in [0, 0.05) is 18.0 Å². The molecule has 2 amide bonds. The van der Waals surface area contributed by atoms with Crippen LogP contribution in [0.1, 0.15) is 49.9 Å². The van der Waals surface area contributed by atoms with Crippen LogP contribution in [0.3, 0.4) is 0 Å². The third-order valence-electron chi connectivity index (χ3n) is 5.42. The molecule has 0 bridgehead atoms. The van der Waals surface area contributed by atoms with Gasteiger partial charge < -0.3 is 21.5 Å². The minimum absolute atomic E-state index is 0.0175. The summed E-state index contributed by atoms with van der Waals surface area (Å²) in [6, 6.07) is 12.4. The summed E-state index contributed by atoms with van der Waals surface area (Å²) in [7, 11) is 0. The Morgan fingerprint density at radius 1 is 1.03 bits per heavy atom. The van der Waals surface area contributed by atoms with Gasteiger partial charge in [-0.25, -0.2) is 0 Å². The SMILES string of the molecule is CCC(C)C(C)C(=O)NC(C(=O)NCc1ccc(C(=N)N)cc1)c1ccc(O)cc1. The van der Waals surface area contributed by atoms with E-state index in [4.69, 9.17) is 11.1 Å². The molecule has 7 nitrogen and oxygen atoms in total. The summed E-state index contributed by atoms with van der Waals surface area (Å²) in [6.45, 7) is 6.15. The first-order valence-electron chi connectivity index (χ1n) is 10.0. The Balaban J connectivity index is 2.14. The molecule has 160 valence electrons. The fraction of sp³-hybridized carbons (Fsp3) is 0.348. The largest absolute Gasteiger partial charge is 0.508 e. The molecule has 0 aliphatic rings. The molecular weight excluding hydrogens is 380 g/mol. The number of hydrogen-bond donors (Lipinski definition) is 5. The van der Waals surface area contributed by atoms with E-state index in [1.807, 2.05) is 20.8 Å². The van der Waals surface area contributed by atoms with Gasteiger partial charge in [0.1, 0.15) is 17.6 Å². The van der Waals surface area contributed by atoms with E-state index in [9.17, 15) is 14.7 Å². The predicted molar refractivity (Wildman–Crippen MR) is 117 cm³/mol. The zero-order valence-corrected chi connectivity index (χ0v) is 17.6. The van der Waals surface area contributed by atoms with Gasteiger partial charge >= 0.3 is 0 Å². The quantitative estimate of drug-likeness (QED) is 0.322. The smallest absolute Gasteiger partial charge is 0.247 e. The maximum atomic E-state index is 12.9. The van der Waals surface area contributed by atoms with Crippen molar-refractivity contribution >= 4 is 17.6 Å². The number of rotatable bonds is 9. The summed E-state index contributed by atoms with van der Waals surface area (Å²) < 4.78 is 0. The minimum Gasteiger partial charge on any atom is -0.508 e. The summed E-state index contributed by atoms with van der Waals surface area (Å²) in [5.41, 5.74) is 7.50. The zero-order valence-electron chi connectivity index (χ0n) is 17.6. The van der Waals surface area contributed by atoms with Gasteiger partial charge in [0.25, 0.3) is 0 Å². The number of nitrogens with one attached hydrogen (secondary N) is 3. The number of nitrogens with two attached hydrogens (primary N) is 1. The van der Waals surface area contributed by atoms with Gasteiger partial charge in [0.2, 0.25) is 11.8 Å². The second-order valence-corrected chi connectivity index (χ2v) is 7.54. The number of nitrogen functional groups attached to an aromatic ring is 1. The summed E-state index contributed by atoms with van der Waals surface area (Å²) >= 11 is 0. The van der Waals surface area contributed by atoms with Crippen molar-refractivity contribution < 1.29 is 14.7 Å². The van der Waals surface area contributed by atoms with E-state index in [0.29, 0.717) is 11.1 Å². The van der Waals surface area contributed by atoms with Gasteiger partial charge in [-0.15, -0.1) is 0 Å². The molecule has 2 rings (SSSR count). The third kappa shape index (κ3) is 6.07. The van der Waals surface area contributed by atoms with Crippen LogP contribution in [0, 0.1) is 17.2 Å².